The number of carbonyl (C=O) groups is 2. The molecule has 0 spiro atoms. The normalized spacial score (nSPS) is 12.5. The van der Waals surface area contributed by atoms with E-state index in [-0.39, 0.29) is 23.0 Å². The average Bonchev–Trinajstić information content (AvgIpc) is 2.55. The van der Waals surface area contributed by atoms with E-state index in [9.17, 15) is 9.59 Å². The van der Waals surface area contributed by atoms with Crippen LogP contribution in [0.5, 0.6) is 0 Å². The average molecular weight is 344 g/mol. The van der Waals surface area contributed by atoms with Gasteiger partial charge in [0, 0.05) is 25.0 Å². The highest BCUT2D eigenvalue weighted by molar-refractivity contribution is 5.85. The van der Waals surface area contributed by atoms with E-state index in [0.717, 1.165) is 18.5 Å². The first-order valence-electron chi connectivity index (χ1n) is 9.24. The van der Waals surface area contributed by atoms with Crippen molar-refractivity contribution >= 4 is 11.6 Å². The summed E-state index contributed by atoms with van der Waals surface area (Å²) in [4.78, 5) is 24.3. The number of carbonyl (C=O) groups excluding carboxylic acids is 2. The Kier molecular flexibility index (Phi) is 8.60. The van der Waals surface area contributed by atoms with E-state index in [1.807, 2.05) is 25.1 Å². The van der Waals surface area contributed by atoms with Crippen LogP contribution in [0.3, 0.4) is 0 Å². The van der Waals surface area contributed by atoms with Gasteiger partial charge in [-0.3, -0.25) is 9.59 Å². The molecule has 1 N–H and O–H groups in total. The van der Waals surface area contributed by atoms with Crippen LogP contribution in [-0.4, -0.2) is 17.6 Å². The minimum atomic E-state index is -0.308. The molecule has 1 aromatic rings. The van der Waals surface area contributed by atoms with Crippen LogP contribution in [0, 0.1) is 5.41 Å². The smallest absolute Gasteiger partial charge is 0.154 e. The van der Waals surface area contributed by atoms with E-state index in [4.69, 9.17) is 0 Å². The lowest BCUT2D eigenvalue weighted by Gasteiger charge is -2.21. The molecule has 138 valence electrons. The Morgan fingerprint density at radius 2 is 1.76 bits per heavy atom. The fraction of sp³-hybridized carbons (Fsp3) is 0.545. The molecule has 1 atom stereocenters. The monoisotopic (exact) mass is 343 g/mol. The fourth-order valence-corrected chi connectivity index (χ4v) is 2.80. The van der Waals surface area contributed by atoms with Gasteiger partial charge in [0.2, 0.25) is 0 Å². The van der Waals surface area contributed by atoms with Crippen LogP contribution in [0.4, 0.5) is 0 Å². The molecule has 0 radical (unpaired) electrons. The van der Waals surface area contributed by atoms with Crippen molar-refractivity contribution in [1.82, 2.24) is 5.32 Å². The van der Waals surface area contributed by atoms with Gasteiger partial charge in [-0.05, 0) is 30.2 Å². The van der Waals surface area contributed by atoms with Crippen LogP contribution in [0.25, 0.3) is 0 Å². The zero-order valence-electron chi connectivity index (χ0n) is 16.2. The van der Waals surface area contributed by atoms with Gasteiger partial charge < -0.3 is 5.32 Å². The van der Waals surface area contributed by atoms with Crippen molar-refractivity contribution in [1.29, 1.82) is 0 Å². The van der Waals surface area contributed by atoms with Crippen LogP contribution in [-0.2, 0) is 16.0 Å². The molecule has 0 aliphatic heterocycles. The molecule has 0 aliphatic rings. The highest BCUT2D eigenvalue weighted by Gasteiger charge is 2.21. The number of Topliss-reactive ketones (excluding diaryl/α,β-unsaturated/α-hetero) is 2. The molecule has 0 heterocycles. The lowest BCUT2D eigenvalue weighted by molar-refractivity contribution is -0.122. The minimum absolute atomic E-state index is 0.00590. The largest absolute Gasteiger partial charge is 0.379 e. The van der Waals surface area contributed by atoms with E-state index in [0.29, 0.717) is 25.7 Å². The Labute approximate surface area is 152 Å². The fourth-order valence-electron chi connectivity index (χ4n) is 2.80. The Balaban J connectivity index is 2.50. The maximum Gasteiger partial charge on any atom is 0.154 e. The quantitative estimate of drug-likeness (QED) is 0.624. The Hall–Kier alpha value is -1.90. The Morgan fingerprint density at radius 1 is 1.12 bits per heavy atom. The molecule has 0 bridgehead atoms. The number of allylic oxidation sites excluding steroid dienone is 1. The summed E-state index contributed by atoms with van der Waals surface area (Å²) in [7, 11) is 0. The Morgan fingerprint density at radius 3 is 2.32 bits per heavy atom. The molecule has 25 heavy (non-hydrogen) atoms. The number of aryl methyl sites for hydroxylation is 1. The van der Waals surface area contributed by atoms with Gasteiger partial charge in [-0.15, -0.1) is 0 Å². The third kappa shape index (κ3) is 9.23. The van der Waals surface area contributed by atoms with Gasteiger partial charge in [0.05, 0.1) is 6.04 Å². The van der Waals surface area contributed by atoms with Gasteiger partial charge in [0.15, 0.2) is 5.78 Å². The Bertz CT molecular complexity index is 569. The van der Waals surface area contributed by atoms with Gasteiger partial charge in [-0.1, -0.05) is 64.6 Å². The second kappa shape index (κ2) is 10.2. The number of nitrogens with one attached hydrogen (secondary N) is 1. The van der Waals surface area contributed by atoms with E-state index in [1.165, 1.54) is 5.56 Å². The molecule has 0 saturated heterocycles. The van der Waals surface area contributed by atoms with Crippen LogP contribution in [0.15, 0.2) is 42.6 Å². The summed E-state index contributed by atoms with van der Waals surface area (Å²) < 4.78 is 0. The lowest BCUT2D eigenvalue weighted by atomic mass is 9.88. The van der Waals surface area contributed by atoms with Crippen molar-refractivity contribution in [2.45, 2.75) is 72.3 Å². The molecule has 3 heteroatoms. The number of hydrogen-bond acceptors (Lipinski definition) is 3. The van der Waals surface area contributed by atoms with Crippen molar-refractivity contribution in [3.8, 4) is 0 Å². The predicted molar refractivity (Wildman–Crippen MR) is 104 cm³/mol. The summed E-state index contributed by atoms with van der Waals surface area (Å²) in [5.41, 5.74) is 2.11. The summed E-state index contributed by atoms with van der Waals surface area (Å²) in [5.74, 6) is 0.363. The number of ketones is 2. The van der Waals surface area contributed by atoms with Crippen molar-refractivity contribution in [2.75, 3.05) is 0 Å². The first-order chi connectivity index (χ1) is 11.7. The van der Waals surface area contributed by atoms with Gasteiger partial charge >= 0.3 is 0 Å². The zero-order valence-corrected chi connectivity index (χ0v) is 16.2. The van der Waals surface area contributed by atoms with Gasteiger partial charge in [0.1, 0.15) is 5.78 Å². The molecule has 0 amide bonds. The van der Waals surface area contributed by atoms with Crippen LogP contribution >= 0.6 is 0 Å². The first kappa shape index (κ1) is 21.1. The molecular weight excluding hydrogens is 310 g/mol. The van der Waals surface area contributed by atoms with Crippen molar-refractivity contribution in [2.24, 2.45) is 5.41 Å². The number of hydrogen-bond donors (Lipinski definition) is 1. The SMILES string of the molecule is C=C(CCc1ccccc1)NC(CCC(=O)CC(C)(C)C)C(=O)CC. The highest BCUT2D eigenvalue weighted by Crippen LogP contribution is 2.20. The predicted octanol–water partition coefficient (Wildman–Crippen LogP) is 4.86. The molecule has 0 fully saturated rings. The van der Waals surface area contributed by atoms with E-state index in [1.54, 1.807) is 0 Å². The van der Waals surface area contributed by atoms with Gasteiger partial charge in [-0.2, -0.15) is 0 Å². The molecule has 1 rings (SSSR count). The van der Waals surface area contributed by atoms with Crippen molar-refractivity contribution in [3.05, 3.63) is 48.2 Å². The van der Waals surface area contributed by atoms with E-state index >= 15 is 0 Å². The summed E-state index contributed by atoms with van der Waals surface area (Å²) >= 11 is 0. The van der Waals surface area contributed by atoms with E-state index < -0.39 is 0 Å². The maximum atomic E-state index is 12.2. The van der Waals surface area contributed by atoms with Gasteiger partial charge in [-0.25, -0.2) is 0 Å². The molecule has 0 aliphatic carbocycles. The van der Waals surface area contributed by atoms with Crippen LogP contribution in [0.2, 0.25) is 0 Å². The number of rotatable bonds is 11. The van der Waals surface area contributed by atoms with E-state index in [2.05, 4.69) is 44.8 Å². The molecule has 1 aromatic carbocycles. The van der Waals surface area contributed by atoms with Gasteiger partial charge in [0.25, 0.3) is 0 Å². The molecule has 3 nitrogen and oxygen atoms in total. The molecule has 0 aromatic heterocycles. The maximum absolute atomic E-state index is 12.2. The summed E-state index contributed by atoms with van der Waals surface area (Å²) in [6, 6.07) is 9.92. The van der Waals surface area contributed by atoms with Crippen LogP contribution < -0.4 is 5.32 Å². The summed E-state index contributed by atoms with van der Waals surface area (Å²) in [6.07, 6.45) is 3.68. The molecule has 0 saturated carbocycles. The first-order valence-corrected chi connectivity index (χ1v) is 9.24. The van der Waals surface area contributed by atoms with Crippen LogP contribution in [0.1, 0.15) is 65.4 Å². The summed E-state index contributed by atoms with van der Waals surface area (Å²) in [5, 5.41) is 3.26. The third-order valence-electron chi connectivity index (χ3n) is 4.11. The highest BCUT2D eigenvalue weighted by atomic mass is 16.1. The topological polar surface area (TPSA) is 46.2 Å². The van der Waals surface area contributed by atoms with Crippen molar-refractivity contribution < 1.29 is 9.59 Å². The standard InChI is InChI=1S/C22H33NO2/c1-6-21(25)20(15-14-19(24)16-22(3,4)5)23-17(2)12-13-18-10-8-7-9-11-18/h7-11,20,23H,2,6,12-16H2,1,3-5H3. The second-order valence-corrected chi connectivity index (χ2v) is 7.92. The molecule has 1 unspecified atom stereocenters. The zero-order chi connectivity index (χ0) is 18.9. The minimum Gasteiger partial charge on any atom is -0.379 e. The lowest BCUT2D eigenvalue weighted by Crippen LogP contribution is -2.36. The second-order valence-electron chi connectivity index (χ2n) is 7.92. The third-order valence-corrected chi connectivity index (χ3v) is 4.11. The summed E-state index contributed by atoms with van der Waals surface area (Å²) in [6.45, 7) is 12.1. The molecular formula is C22H33NO2. The number of benzene rings is 1. The van der Waals surface area contributed by atoms with Crippen molar-refractivity contribution in [3.63, 3.8) is 0 Å².